The van der Waals surface area contributed by atoms with Gasteiger partial charge in [0.05, 0.1) is 44.5 Å². The Morgan fingerprint density at radius 2 is 0.697 bits per heavy atom. The molecule has 0 spiro atoms. The van der Waals surface area contributed by atoms with Crippen molar-refractivity contribution in [1.82, 2.24) is 8.80 Å². The van der Waals surface area contributed by atoms with Crippen molar-refractivity contribution in [3.63, 3.8) is 0 Å². The van der Waals surface area contributed by atoms with Crippen LogP contribution < -0.4 is 9.80 Å². The third-order valence-corrected chi connectivity index (χ3v) is 14.2. The van der Waals surface area contributed by atoms with Crippen LogP contribution in [0, 0.1) is 0 Å². The van der Waals surface area contributed by atoms with E-state index in [9.17, 15) is 0 Å². The normalized spacial score (nSPS) is 12.2. The molecular weight excluding hydrogens is 801 g/mol. The van der Waals surface area contributed by atoms with Gasteiger partial charge < -0.3 is 18.6 Å². The molecule has 66 heavy (non-hydrogen) atoms. The van der Waals surface area contributed by atoms with E-state index in [1.165, 1.54) is 103 Å². The lowest BCUT2D eigenvalue weighted by atomic mass is 9.97. The summed E-state index contributed by atoms with van der Waals surface area (Å²) in [7, 11) is 0. The molecule has 0 fully saturated rings. The van der Waals surface area contributed by atoms with E-state index in [2.05, 4.69) is 249 Å². The highest BCUT2D eigenvalue weighted by atomic mass is 15.2. The van der Waals surface area contributed by atoms with Crippen LogP contribution >= 0.6 is 0 Å². The van der Waals surface area contributed by atoms with E-state index in [4.69, 9.17) is 0 Å². The molecular formula is C62H38N4. The van der Waals surface area contributed by atoms with Crippen molar-refractivity contribution in [2.75, 3.05) is 9.80 Å². The van der Waals surface area contributed by atoms with Crippen LogP contribution in [0.5, 0.6) is 0 Å². The van der Waals surface area contributed by atoms with Crippen LogP contribution in [-0.2, 0) is 0 Å². The summed E-state index contributed by atoms with van der Waals surface area (Å²) in [6.07, 6.45) is 0. The zero-order valence-corrected chi connectivity index (χ0v) is 35.7. The Morgan fingerprint density at radius 3 is 1.32 bits per heavy atom. The smallest absolute Gasteiger partial charge is 0.0789 e. The lowest BCUT2D eigenvalue weighted by Crippen LogP contribution is -2.11. The molecule has 0 amide bonds. The molecule has 11 aromatic carbocycles. The van der Waals surface area contributed by atoms with Gasteiger partial charge in [-0.05, 0) is 95.0 Å². The Morgan fingerprint density at radius 1 is 0.258 bits per heavy atom. The standard InChI is InChI=1S/C62H38N4/c1-5-21-41(22-6-1)63(42-23-7-2-8-24-42)54-34-18-32-48-50-37-39-19-13-15-29-45(39)56-57-53(66(59(48)54)60(50)56)36-35-52-55(57)49-33-17-31-47-51-38-40-20-14-16-30-46(40)61(62(51)65(52)58(47)49)64(43-25-9-3-10-26-43)44-27-11-4-12-28-44/h1-38H. The molecule has 0 N–H and O–H groups in total. The first-order valence-electron chi connectivity index (χ1n) is 22.8. The number of benzene rings is 11. The third-order valence-electron chi connectivity index (χ3n) is 14.2. The number of hydrogen-bond donors (Lipinski definition) is 0. The minimum atomic E-state index is 1.12. The van der Waals surface area contributed by atoms with Crippen LogP contribution in [0.25, 0.3) is 97.7 Å². The zero-order valence-electron chi connectivity index (χ0n) is 35.7. The van der Waals surface area contributed by atoms with Crippen molar-refractivity contribution in [3.05, 3.63) is 231 Å². The van der Waals surface area contributed by atoms with Gasteiger partial charge in [0.15, 0.2) is 0 Å². The maximum absolute atomic E-state index is 2.60. The van der Waals surface area contributed by atoms with Crippen LogP contribution in [0.15, 0.2) is 231 Å². The van der Waals surface area contributed by atoms with E-state index < -0.39 is 0 Å². The van der Waals surface area contributed by atoms with Crippen molar-refractivity contribution in [1.29, 1.82) is 0 Å². The Labute approximate surface area is 379 Å². The molecule has 0 aliphatic rings. The second-order valence-corrected chi connectivity index (χ2v) is 17.6. The molecule has 0 aliphatic heterocycles. The summed E-state index contributed by atoms with van der Waals surface area (Å²) in [5.41, 5.74) is 14.1. The number of para-hydroxylation sites is 6. The van der Waals surface area contributed by atoms with Crippen molar-refractivity contribution in [2.45, 2.75) is 0 Å². The zero-order chi connectivity index (χ0) is 43.0. The maximum atomic E-state index is 2.60. The highest BCUT2D eigenvalue weighted by Crippen LogP contribution is 2.53. The van der Waals surface area contributed by atoms with Crippen LogP contribution in [0.4, 0.5) is 34.1 Å². The average Bonchev–Trinajstić information content (AvgIpc) is 4.11. The molecule has 0 saturated heterocycles. The second kappa shape index (κ2) is 13.3. The fourth-order valence-corrected chi connectivity index (χ4v) is 11.7. The fraction of sp³-hybridized carbons (Fsp3) is 0. The summed E-state index contributed by atoms with van der Waals surface area (Å²) in [4.78, 5) is 4.89. The topological polar surface area (TPSA) is 15.3 Å². The van der Waals surface area contributed by atoms with Gasteiger partial charge in [-0.3, -0.25) is 0 Å². The fourth-order valence-electron chi connectivity index (χ4n) is 11.7. The first-order valence-corrected chi connectivity index (χ1v) is 22.8. The number of anilines is 6. The van der Waals surface area contributed by atoms with Crippen molar-refractivity contribution in [2.24, 2.45) is 0 Å². The number of nitrogens with zero attached hydrogens (tertiary/aromatic N) is 4. The Kier molecular flexibility index (Phi) is 7.19. The molecule has 0 radical (unpaired) electrons. The van der Waals surface area contributed by atoms with E-state index >= 15 is 0 Å². The maximum Gasteiger partial charge on any atom is 0.0789 e. The largest absolute Gasteiger partial charge is 0.308 e. The predicted octanol–water partition coefficient (Wildman–Crippen LogP) is 17.2. The highest BCUT2D eigenvalue weighted by Gasteiger charge is 2.30. The quantitative estimate of drug-likeness (QED) is 0.166. The van der Waals surface area contributed by atoms with Gasteiger partial charge in [-0.2, -0.15) is 0 Å². The van der Waals surface area contributed by atoms with E-state index in [1.807, 2.05) is 0 Å². The number of hydrogen-bond acceptors (Lipinski definition) is 2. The molecule has 15 aromatic rings. The van der Waals surface area contributed by atoms with Gasteiger partial charge >= 0.3 is 0 Å². The summed E-state index contributed by atoms with van der Waals surface area (Å²) in [6, 6.07) is 84.7. The van der Waals surface area contributed by atoms with Gasteiger partial charge in [0.25, 0.3) is 0 Å². The minimum Gasteiger partial charge on any atom is -0.308 e. The van der Waals surface area contributed by atoms with Gasteiger partial charge in [-0.15, -0.1) is 0 Å². The van der Waals surface area contributed by atoms with Gasteiger partial charge in [0.1, 0.15) is 0 Å². The van der Waals surface area contributed by atoms with Crippen LogP contribution in [-0.4, -0.2) is 8.80 Å². The summed E-state index contributed by atoms with van der Waals surface area (Å²) in [5, 5.41) is 15.1. The predicted molar refractivity (Wildman–Crippen MR) is 280 cm³/mol. The van der Waals surface area contributed by atoms with Crippen molar-refractivity contribution < 1.29 is 0 Å². The van der Waals surface area contributed by atoms with E-state index in [0.29, 0.717) is 0 Å². The minimum absolute atomic E-state index is 1.12. The molecule has 4 nitrogen and oxygen atoms in total. The molecule has 0 atom stereocenters. The molecule has 4 heteroatoms. The SMILES string of the molecule is c1ccc(N(c2ccccc2)c2c3ccccc3cc3c4cccc5c6c7c8c9ccccc9cc9c%10cccc(N(c%11ccccc%11)c%11ccccc%11)c%10n(c7ccc6n(c23)c45)c98)cc1. The van der Waals surface area contributed by atoms with Gasteiger partial charge in [0.2, 0.25) is 0 Å². The molecule has 0 bridgehead atoms. The Balaban J connectivity index is 1.15. The molecule has 0 unspecified atom stereocenters. The van der Waals surface area contributed by atoms with Crippen molar-refractivity contribution in [3.8, 4) is 0 Å². The lowest BCUT2D eigenvalue weighted by Gasteiger charge is -2.28. The summed E-state index contributed by atoms with van der Waals surface area (Å²) < 4.78 is 5.19. The summed E-state index contributed by atoms with van der Waals surface area (Å²) >= 11 is 0. The highest BCUT2D eigenvalue weighted by molar-refractivity contribution is 6.40. The number of rotatable bonds is 6. The molecule has 0 saturated carbocycles. The average molecular weight is 839 g/mol. The van der Waals surface area contributed by atoms with E-state index in [0.717, 1.165) is 28.4 Å². The molecule has 15 rings (SSSR count). The monoisotopic (exact) mass is 838 g/mol. The van der Waals surface area contributed by atoms with Crippen molar-refractivity contribution >= 4 is 132 Å². The molecule has 4 heterocycles. The van der Waals surface area contributed by atoms with Gasteiger partial charge in [-0.1, -0.05) is 152 Å². The van der Waals surface area contributed by atoms with Crippen LogP contribution in [0.3, 0.4) is 0 Å². The molecule has 306 valence electrons. The van der Waals surface area contributed by atoms with Gasteiger partial charge in [-0.25, -0.2) is 0 Å². The number of fused-ring (bicyclic) bond motifs is 16. The molecule has 0 aliphatic carbocycles. The summed E-state index contributed by atoms with van der Waals surface area (Å²) in [6.45, 7) is 0. The number of aromatic nitrogens is 2. The third kappa shape index (κ3) is 4.66. The van der Waals surface area contributed by atoms with Crippen LogP contribution in [0.2, 0.25) is 0 Å². The summed E-state index contributed by atoms with van der Waals surface area (Å²) in [5.74, 6) is 0. The molecule has 4 aromatic heterocycles. The van der Waals surface area contributed by atoms with Crippen LogP contribution in [0.1, 0.15) is 0 Å². The second-order valence-electron chi connectivity index (χ2n) is 17.6. The first-order chi connectivity index (χ1) is 32.8. The van der Waals surface area contributed by atoms with E-state index in [-0.39, 0.29) is 0 Å². The lowest BCUT2D eigenvalue weighted by molar-refractivity contribution is 1.27. The van der Waals surface area contributed by atoms with Gasteiger partial charge in [0, 0.05) is 71.2 Å². The first kappa shape index (κ1) is 35.6. The van der Waals surface area contributed by atoms with E-state index in [1.54, 1.807) is 0 Å². The Hall–Kier alpha value is -8.86. The Bertz CT molecular complexity index is 4300.